The Kier molecular flexibility index (Phi) is 5.78. The summed E-state index contributed by atoms with van der Waals surface area (Å²) < 4.78 is 5.06. The third-order valence-corrected chi connectivity index (χ3v) is 4.76. The second-order valence-electron chi connectivity index (χ2n) is 5.81. The molecule has 0 aliphatic rings. The number of amides is 1. The molecule has 1 amide bonds. The summed E-state index contributed by atoms with van der Waals surface area (Å²) in [7, 11) is 0. The summed E-state index contributed by atoms with van der Waals surface area (Å²) in [6.07, 6.45) is 0. The van der Waals surface area contributed by atoms with Gasteiger partial charge in [-0.05, 0) is 55.5 Å². The van der Waals surface area contributed by atoms with E-state index in [1.807, 2.05) is 19.1 Å². The van der Waals surface area contributed by atoms with Crippen molar-refractivity contribution in [2.45, 2.75) is 6.92 Å². The number of hydrogen-bond donors (Lipinski definition) is 1. The van der Waals surface area contributed by atoms with Gasteiger partial charge in [0, 0.05) is 21.7 Å². The van der Waals surface area contributed by atoms with Gasteiger partial charge < -0.3 is 10.1 Å². The lowest BCUT2D eigenvalue weighted by Gasteiger charge is -2.07. The van der Waals surface area contributed by atoms with Gasteiger partial charge in [0.05, 0.1) is 0 Å². The van der Waals surface area contributed by atoms with Gasteiger partial charge in [0.15, 0.2) is 12.4 Å². The SMILES string of the molecule is Cc1ccc(C(=O)OCC(=O)c2ccc(NC(=O)c3ccccc3)cc2)s1. The number of rotatable bonds is 6. The molecule has 1 N–H and O–H groups in total. The number of esters is 1. The molecule has 27 heavy (non-hydrogen) atoms. The third-order valence-electron chi connectivity index (χ3n) is 3.78. The molecule has 0 unspecified atom stereocenters. The lowest BCUT2D eigenvalue weighted by Crippen LogP contribution is -2.14. The van der Waals surface area contributed by atoms with E-state index in [1.54, 1.807) is 54.6 Å². The van der Waals surface area contributed by atoms with E-state index >= 15 is 0 Å². The number of aryl methyl sites for hydroxylation is 1. The van der Waals surface area contributed by atoms with E-state index in [0.717, 1.165) is 4.88 Å². The van der Waals surface area contributed by atoms with Gasteiger partial charge in [0.25, 0.3) is 5.91 Å². The lowest BCUT2D eigenvalue weighted by molar-refractivity contribution is 0.0479. The molecule has 1 heterocycles. The molecule has 0 aliphatic heterocycles. The quantitative estimate of drug-likeness (QED) is 0.510. The molecule has 2 aromatic carbocycles. The number of anilines is 1. The van der Waals surface area contributed by atoms with Crippen LogP contribution in [0.4, 0.5) is 5.69 Å². The topological polar surface area (TPSA) is 72.5 Å². The van der Waals surface area contributed by atoms with Crippen LogP contribution in [0, 0.1) is 6.92 Å². The Morgan fingerprint density at radius 1 is 0.889 bits per heavy atom. The normalized spacial score (nSPS) is 10.3. The van der Waals surface area contributed by atoms with Gasteiger partial charge in [-0.15, -0.1) is 11.3 Å². The summed E-state index contributed by atoms with van der Waals surface area (Å²) >= 11 is 1.32. The molecule has 1 aromatic heterocycles. The van der Waals surface area contributed by atoms with E-state index in [-0.39, 0.29) is 18.3 Å². The standard InChI is InChI=1S/C21H17NO4S/c1-14-7-12-19(27-14)21(25)26-13-18(23)15-8-10-17(11-9-15)22-20(24)16-5-3-2-4-6-16/h2-12H,13H2,1H3,(H,22,24). The molecular formula is C21H17NO4S. The van der Waals surface area contributed by atoms with E-state index in [4.69, 9.17) is 4.74 Å². The first kappa shape index (κ1) is 18.5. The molecule has 3 aromatic rings. The van der Waals surface area contributed by atoms with Gasteiger partial charge >= 0.3 is 5.97 Å². The van der Waals surface area contributed by atoms with Gasteiger partial charge in [-0.1, -0.05) is 18.2 Å². The Bertz CT molecular complexity index is 961. The number of hydrogen-bond acceptors (Lipinski definition) is 5. The Morgan fingerprint density at radius 2 is 1.59 bits per heavy atom. The average Bonchev–Trinajstić information content (AvgIpc) is 3.13. The molecule has 136 valence electrons. The summed E-state index contributed by atoms with van der Waals surface area (Å²) in [6, 6.07) is 18.8. The van der Waals surface area contributed by atoms with E-state index in [2.05, 4.69) is 5.32 Å². The first-order valence-electron chi connectivity index (χ1n) is 8.26. The van der Waals surface area contributed by atoms with Crippen LogP contribution in [0.15, 0.2) is 66.7 Å². The second kappa shape index (κ2) is 8.42. The maximum atomic E-state index is 12.2. The van der Waals surface area contributed by atoms with Crippen molar-refractivity contribution in [1.82, 2.24) is 0 Å². The van der Waals surface area contributed by atoms with E-state index in [9.17, 15) is 14.4 Å². The Hall–Kier alpha value is -3.25. The number of nitrogens with one attached hydrogen (secondary N) is 1. The first-order chi connectivity index (χ1) is 13.0. The van der Waals surface area contributed by atoms with Crippen molar-refractivity contribution in [3.8, 4) is 0 Å². The van der Waals surface area contributed by atoms with Crippen molar-refractivity contribution in [3.63, 3.8) is 0 Å². The van der Waals surface area contributed by atoms with Crippen molar-refractivity contribution < 1.29 is 19.1 Å². The molecule has 0 bridgehead atoms. The zero-order valence-electron chi connectivity index (χ0n) is 14.6. The van der Waals surface area contributed by atoms with Crippen LogP contribution in [0.1, 0.15) is 35.3 Å². The zero-order chi connectivity index (χ0) is 19.2. The summed E-state index contributed by atoms with van der Waals surface area (Å²) in [5.74, 6) is -1.04. The molecule has 0 saturated heterocycles. The number of thiophene rings is 1. The third kappa shape index (κ3) is 4.89. The van der Waals surface area contributed by atoms with Crippen LogP contribution in [0.2, 0.25) is 0 Å². The number of Topliss-reactive ketones (excluding diaryl/α,β-unsaturated/α-hetero) is 1. The minimum absolute atomic E-state index is 0.227. The van der Waals surface area contributed by atoms with Crippen LogP contribution < -0.4 is 5.32 Å². The van der Waals surface area contributed by atoms with Gasteiger partial charge in [-0.25, -0.2) is 4.79 Å². The van der Waals surface area contributed by atoms with Crippen LogP contribution >= 0.6 is 11.3 Å². The Morgan fingerprint density at radius 3 is 2.22 bits per heavy atom. The van der Waals surface area contributed by atoms with Crippen LogP contribution in [0.3, 0.4) is 0 Å². The fourth-order valence-corrected chi connectivity index (χ4v) is 3.12. The molecule has 0 fully saturated rings. The molecule has 0 radical (unpaired) electrons. The fourth-order valence-electron chi connectivity index (χ4n) is 2.36. The zero-order valence-corrected chi connectivity index (χ0v) is 15.4. The van der Waals surface area contributed by atoms with E-state index in [1.165, 1.54) is 11.3 Å². The summed E-state index contributed by atoms with van der Waals surface area (Å²) in [6.45, 7) is 1.57. The maximum Gasteiger partial charge on any atom is 0.348 e. The van der Waals surface area contributed by atoms with Gasteiger partial charge in [0.2, 0.25) is 0 Å². The van der Waals surface area contributed by atoms with Crippen LogP contribution in [0.25, 0.3) is 0 Å². The molecule has 0 atom stereocenters. The van der Waals surface area contributed by atoms with Crippen molar-refractivity contribution in [2.24, 2.45) is 0 Å². The predicted octanol–water partition coefficient (Wildman–Crippen LogP) is 4.35. The Balaban J connectivity index is 1.55. The monoisotopic (exact) mass is 379 g/mol. The predicted molar refractivity (Wildman–Crippen MR) is 105 cm³/mol. The maximum absolute atomic E-state index is 12.2. The molecule has 5 nitrogen and oxygen atoms in total. The number of ether oxygens (including phenoxy) is 1. The number of carbonyl (C=O) groups is 3. The summed E-state index contributed by atoms with van der Waals surface area (Å²) in [5.41, 5.74) is 1.53. The largest absolute Gasteiger partial charge is 0.453 e. The number of benzene rings is 2. The lowest BCUT2D eigenvalue weighted by atomic mass is 10.1. The summed E-state index contributed by atoms with van der Waals surface area (Å²) in [5, 5.41) is 2.76. The Labute approximate surface area is 160 Å². The molecular weight excluding hydrogens is 362 g/mol. The number of carbonyl (C=O) groups excluding carboxylic acids is 3. The highest BCUT2D eigenvalue weighted by Crippen LogP contribution is 2.16. The van der Waals surface area contributed by atoms with E-state index < -0.39 is 5.97 Å². The van der Waals surface area contributed by atoms with Gasteiger partial charge in [-0.3, -0.25) is 9.59 Å². The minimum Gasteiger partial charge on any atom is -0.453 e. The smallest absolute Gasteiger partial charge is 0.348 e. The molecule has 6 heteroatoms. The highest BCUT2D eigenvalue weighted by molar-refractivity contribution is 7.13. The molecule has 0 spiro atoms. The highest BCUT2D eigenvalue weighted by atomic mass is 32.1. The van der Waals surface area contributed by atoms with Crippen LogP contribution in [-0.2, 0) is 4.74 Å². The van der Waals surface area contributed by atoms with Gasteiger partial charge in [0.1, 0.15) is 4.88 Å². The highest BCUT2D eigenvalue weighted by Gasteiger charge is 2.13. The minimum atomic E-state index is -0.506. The molecule has 0 saturated carbocycles. The summed E-state index contributed by atoms with van der Waals surface area (Å²) in [4.78, 5) is 37.7. The van der Waals surface area contributed by atoms with Crippen molar-refractivity contribution >= 4 is 34.7 Å². The van der Waals surface area contributed by atoms with Crippen molar-refractivity contribution in [2.75, 3.05) is 11.9 Å². The molecule has 0 aliphatic carbocycles. The second-order valence-corrected chi connectivity index (χ2v) is 7.10. The van der Waals surface area contributed by atoms with Crippen LogP contribution in [-0.4, -0.2) is 24.3 Å². The molecule has 3 rings (SSSR count). The number of ketones is 1. The van der Waals surface area contributed by atoms with Crippen molar-refractivity contribution in [3.05, 3.63) is 87.6 Å². The van der Waals surface area contributed by atoms with E-state index in [0.29, 0.717) is 21.7 Å². The average molecular weight is 379 g/mol. The fraction of sp³-hybridized carbons (Fsp3) is 0.0952. The van der Waals surface area contributed by atoms with Gasteiger partial charge in [-0.2, -0.15) is 0 Å². The van der Waals surface area contributed by atoms with Crippen LogP contribution in [0.5, 0.6) is 0 Å². The first-order valence-corrected chi connectivity index (χ1v) is 9.08. The van der Waals surface area contributed by atoms with Crippen molar-refractivity contribution in [1.29, 1.82) is 0 Å².